The maximum atomic E-state index is 5.21. The number of fused-ring (bicyclic) bond motifs is 6. The van der Waals surface area contributed by atoms with Crippen molar-refractivity contribution in [1.29, 1.82) is 0 Å². The van der Waals surface area contributed by atoms with Crippen molar-refractivity contribution in [2.24, 2.45) is 0 Å². The van der Waals surface area contributed by atoms with Crippen LogP contribution in [0.2, 0.25) is 0 Å². The van der Waals surface area contributed by atoms with E-state index in [4.69, 9.17) is 15.0 Å². The van der Waals surface area contributed by atoms with Gasteiger partial charge in [0.25, 0.3) is 0 Å². The molecular formula is C42H30N4. The molecule has 5 aromatic carbocycles. The minimum absolute atomic E-state index is 0.326. The molecule has 0 aliphatic heterocycles. The Hall–Kier alpha value is -5.87. The quantitative estimate of drug-likeness (QED) is 0.205. The summed E-state index contributed by atoms with van der Waals surface area (Å²) in [6.45, 7) is 4.57. The summed E-state index contributed by atoms with van der Waals surface area (Å²) >= 11 is 0. The van der Waals surface area contributed by atoms with Crippen LogP contribution >= 0.6 is 0 Å². The monoisotopic (exact) mass is 590 g/mol. The predicted molar refractivity (Wildman–Crippen MR) is 188 cm³/mol. The normalized spacial score (nSPS) is 13.2. The van der Waals surface area contributed by atoms with Crippen LogP contribution in [0.1, 0.15) is 25.0 Å². The molecule has 0 saturated carbocycles. The van der Waals surface area contributed by atoms with Gasteiger partial charge in [-0.05, 0) is 59.2 Å². The lowest BCUT2D eigenvalue weighted by Crippen LogP contribution is -2.18. The average Bonchev–Trinajstić information content (AvgIpc) is 3.57. The highest BCUT2D eigenvalue weighted by molar-refractivity contribution is 6.09. The third-order valence-electron chi connectivity index (χ3n) is 9.44. The zero-order chi connectivity index (χ0) is 30.8. The van der Waals surface area contributed by atoms with E-state index in [1.807, 2.05) is 42.6 Å². The van der Waals surface area contributed by atoms with Gasteiger partial charge in [0.15, 0.2) is 5.82 Å². The fourth-order valence-corrected chi connectivity index (χ4v) is 7.26. The van der Waals surface area contributed by atoms with Gasteiger partial charge < -0.3 is 4.57 Å². The summed E-state index contributed by atoms with van der Waals surface area (Å²) in [4.78, 5) is 15.1. The van der Waals surface area contributed by atoms with Gasteiger partial charge in [0, 0.05) is 44.8 Å². The van der Waals surface area contributed by atoms with E-state index in [-0.39, 0.29) is 5.41 Å². The molecular weight excluding hydrogens is 560 g/mol. The molecule has 9 rings (SSSR count). The van der Waals surface area contributed by atoms with Gasteiger partial charge in [-0.2, -0.15) is 0 Å². The van der Waals surface area contributed by atoms with E-state index in [1.165, 1.54) is 38.5 Å². The first-order valence-electron chi connectivity index (χ1n) is 15.7. The second-order valence-corrected chi connectivity index (χ2v) is 12.5. The SMILES string of the molecule is CC1(C)c2cc(-c3cccc(-n4c5ccccc5c5ccccc54)c3)ccc2-c2nc(-c3ccccc3)nc(-c3ccccn3)c21. The Labute approximate surface area is 267 Å². The molecule has 1 aliphatic rings. The van der Waals surface area contributed by atoms with Crippen LogP contribution in [0.3, 0.4) is 0 Å². The molecule has 0 bridgehead atoms. The molecule has 0 N–H and O–H groups in total. The fourth-order valence-electron chi connectivity index (χ4n) is 7.26. The molecule has 1 aliphatic carbocycles. The van der Waals surface area contributed by atoms with Crippen molar-refractivity contribution in [3.05, 3.63) is 157 Å². The van der Waals surface area contributed by atoms with Gasteiger partial charge in [0.05, 0.1) is 28.1 Å². The molecule has 0 radical (unpaired) electrons. The molecule has 0 atom stereocenters. The van der Waals surface area contributed by atoms with Crippen molar-refractivity contribution in [3.8, 4) is 50.8 Å². The maximum Gasteiger partial charge on any atom is 0.160 e. The summed E-state index contributed by atoms with van der Waals surface area (Å²) < 4.78 is 2.38. The van der Waals surface area contributed by atoms with Crippen molar-refractivity contribution in [1.82, 2.24) is 19.5 Å². The van der Waals surface area contributed by atoms with Crippen LogP contribution in [-0.2, 0) is 5.41 Å². The molecule has 0 spiro atoms. The Morgan fingerprint density at radius 3 is 1.93 bits per heavy atom. The van der Waals surface area contributed by atoms with Gasteiger partial charge in [-0.25, -0.2) is 9.97 Å². The van der Waals surface area contributed by atoms with Crippen molar-refractivity contribution in [2.45, 2.75) is 19.3 Å². The van der Waals surface area contributed by atoms with Crippen LogP contribution in [-0.4, -0.2) is 19.5 Å². The molecule has 46 heavy (non-hydrogen) atoms. The number of aromatic nitrogens is 4. The third kappa shape index (κ3) is 3.97. The number of para-hydroxylation sites is 2. The second-order valence-electron chi connectivity index (χ2n) is 12.5. The predicted octanol–water partition coefficient (Wildman–Crippen LogP) is 10.3. The summed E-state index contributed by atoms with van der Waals surface area (Å²) in [7, 11) is 0. The Balaban J connectivity index is 1.21. The summed E-state index contributed by atoms with van der Waals surface area (Å²) in [6.07, 6.45) is 1.84. The Morgan fingerprint density at radius 1 is 0.543 bits per heavy atom. The standard InChI is InChI=1S/C42H30N4/c1-42(2)34-26-29(28-15-12-16-30(25-28)46-36-20-8-6-17-31(36)32-18-7-9-21-37(32)46)22-23-33(34)39-38(42)40(35-19-10-11-24-43-35)45-41(44-39)27-13-4-3-5-14-27/h3-26H,1-2H3. The van der Waals surface area contributed by atoms with Crippen LogP contribution < -0.4 is 0 Å². The molecule has 0 fully saturated rings. The summed E-state index contributed by atoms with van der Waals surface area (Å²) in [5, 5.41) is 2.53. The molecule has 3 aromatic heterocycles. The minimum atomic E-state index is -0.326. The van der Waals surface area contributed by atoms with Gasteiger partial charge in [-0.3, -0.25) is 4.98 Å². The third-order valence-corrected chi connectivity index (χ3v) is 9.44. The first-order valence-corrected chi connectivity index (χ1v) is 15.7. The van der Waals surface area contributed by atoms with Gasteiger partial charge in [-0.1, -0.05) is 111 Å². The molecule has 218 valence electrons. The van der Waals surface area contributed by atoms with E-state index in [9.17, 15) is 0 Å². The number of hydrogen-bond acceptors (Lipinski definition) is 3. The zero-order valence-electron chi connectivity index (χ0n) is 25.6. The highest BCUT2D eigenvalue weighted by atomic mass is 15.0. The zero-order valence-corrected chi connectivity index (χ0v) is 25.6. The van der Waals surface area contributed by atoms with Crippen LogP contribution in [0.4, 0.5) is 0 Å². The Morgan fingerprint density at radius 2 is 1.20 bits per heavy atom. The average molecular weight is 591 g/mol. The smallest absolute Gasteiger partial charge is 0.160 e. The van der Waals surface area contributed by atoms with Crippen LogP contribution in [0.25, 0.3) is 72.7 Å². The summed E-state index contributed by atoms with van der Waals surface area (Å²) in [6, 6.07) is 49.3. The van der Waals surface area contributed by atoms with Crippen molar-refractivity contribution in [3.63, 3.8) is 0 Å². The lowest BCUT2D eigenvalue weighted by Gasteiger charge is -2.24. The second kappa shape index (κ2) is 10.1. The molecule has 0 saturated heterocycles. The highest BCUT2D eigenvalue weighted by Gasteiger charge is 2.40. The van der Waals surface area contributed by atoms with E-state index in [1.54, 1.807) is 0 Å². The van der Waals surface area contributed by atoms with Crippen molar-refractivity contribution in [2.75, 3.05) is 0 Å². The highest BCUT2D eigenvalue weighted by Crippen LogP contribution is 2.52. The molecule has 4 heteroatoms. The summed E-state index contributed by atoms with van der Waals surface area (Å²) in [5.74, 6) is 0.714. The first kappa shape index (κ1) is 26.5. The Kier molecular flexibility index (Phi) is 5.81. The van der Waals surface area contributed by atoms with Crippen LogP contribution in [0.15, 0.2) is 146 Å². The first-order chi connectivity index (χ1) is 22.6. The van der Waals surface area contributed by atoms with E-state index in [2.05, 4.69) is 122 Å². The number of nitrogens with zero attached hydrogens (tertiary/aromatic N) is 4. The van der Waals surface area contributed by atoms with Crippen LogP contribution in [0, 0.1) is 0 Å². The number of rotatable bonds is 4. The molecule has 4 nitrogen and oxygen atoms in total. The van der Waals surface area contributed by atoms with Gasteiger partial charge in [0.2, 0.25) is 0 Å². The summed E-state index contributed by atoms with van der Waals surface area (Å²) in [5.41, 5.74) is 12.8. The lowest BCUT2D eigenvalue weighted by molar-refractivity contribution is 0.657. The number of benzene rings is 5. The van der Waals surface area contributed by atoms with E-state index < -0.39 is 0 Å². The van der Waals surface area contributed by atoms with E-state index >= 15 is 0 Å². The van der Waals surface area contributed by atoms with E-state index in [0.717, 1.165) is 39.5 Å². The van der Waals surface area contributed by atoms with Crippen molar-refractivity contribution < 1.29 is 0 Å². The van der Waals surface area contributed by atoms with Gasteiger partial charge >= 0.3 is 0 Å². The van der Waals surface area contributed by atoms with Gasteiger partial charge in [-0.15, -0.1) is 0 Å². The molecule has 8 aromatic rings. The van der Waals surface area contributed by atoms with Crippen molar-refractivity contribution >= 4 is 21.8 Å². The number of pyridine rings is 1. The molecule has 0 amide bonds. The maximum absolute atomic E-state index is 5.21. The fraction of sp³-hybridized carbons (Fsp3) is 0.0714. The lowest BCUT2D eigenvalue weighted by atomic mass is 9.80. The van der Waals surface area contributed by atoms with E-state index in [0.29, 0.717) is 5.82 Å². The number of hydrogen-bond donors (Lipinski definition) is 0. The minimum Gasteiger partial charge on any atom is -0.309 e. The molecule has 3 heterocycles. The largest absolute Gasteiger partial charge is 0.309 e. The Bertz CT molecular complexity index is 2390. The molecule has 0 unspecified atom stereocenters. The van der Waals surface area contributed by atoms with Gasteiger partial charge in [0.1, 0.15) is 0 Å². The topological polar surface area (TPSA) is 43.6 Å². The van der Waals surface area contributed by atoms with Crippen LogP contribution in [0.5, 0.6) is 0 Å².